The van der Waals surface area contributed by atoms with E-state index in [1.165, 1.54) is 12.8 Å². The summed E-state index contributed by atoms with van der Waals surface area (Å²) in [5, 5.41) is 11.6. The largest absolute Gasteiger partial charge is 0.395 e. The van der Waals surface area contributed by atoms with Crippen molar-refractivity contribution in [1.82, 2.24) is 10.3 Å². The third-order valence-electron chi connectivity index (χ3n) is 3.16. The number of rotatable bonds is 3. The summed E-state index contributed by atoms with van der Waals surface area (Å²) in [6.45, 7) is 0.0578. The van der Waals surface area contributed by atoms with Gasteiger partial charge in [-0.3, -0.25) is 4.79 Å². The first-order chi connectivity index (χ1) is 9.29. The van der Waals surface area contributed by atoms with Gasteiger partial charge < -0.3 is 10.4 Å². The maximum atomic E-state index is 11.9. The SMILES string of the molecule is O=C(NC1CCCC1)c1ccc(C#CCCO)cn1. The molecule has 0 saturated heterocycles. The number of nitrogens with one attached hydrogen (secondary N) is 1. The number of nitrogens with zero attached hydrogens (tertiary/aromatic N) is 1. The normalized spacial score (nSPS) is 14.8. The summed E-state index contributed by atoms with van der Waals surface area (Å²) in [5.74, 6) is 5.59. The van der Waals surface area contributed by atoms with Crippen LogP contribution in [-0.4, -0.2) is 28.6 Å². The first-order valence-corrected chi connectivity index (χ1v) is 6.66. The molecule has 1 aliphatic carbocycles. The number of aliphatic hydroxyl groups excluding tert-OH is 1. The van der Waals surface area contributed by atoms with Crippen molar-refractivity contribution in [2.45, 2.75) is 38.1 Å². The second-order valence-electron chi connectivity index (χ2n) is 4.66. The number of amides is 1. The predicted octanol–water partition coefficient (Wildman–Crippen LogP) is 1.49. The van der Waals surface area contributed by atoms with Crippen LogP contribution in [-0.2, 0) is 0 Å². The van der Waals surface area contributed by atoms with E-state index in [0.717, 1.165) is 18.4 Å². The van der Waals surface area contributed by atoms with Crippen LogP contribution in [0.4, 0.5) is 0 Å². The number of hydrogen-bond acceptors (Lipinski definition) is 3. The van der Waals surface area contributed by atoms with Crippen molar-refractivity contribution < 1.29 is 9.90 Å². The predicted molar refractivity (Wildman–Crippen MR) is 72.5 cm³/mol. The first kappa shape index (κ1) is 13.6. The van der Waals surface area contributed by atoms with Crippen molar-refractivity contribution in [3.63, 3.8) is 0 Å². The highest BCUT2D eigenvalue weighted by Crippen LogP contribution is 2.17. The lowest BCUT2D eigenvalue weighted by Crippen LogP contribution is -2.33. The van der Waals surface area contributed by atoms with Gasteiger partial charge in [-0.2, -0.15) is 0 Å². The minimum absolute atomic E-state index is 0.0578. The van der Waals surface area contributed by atoms with E-state index in [-0.39, 0.29) is 12.5 Å². The topological polar surface area (TPSA) is 62.2 Å². The highest BCUT2D eigenvalue weighted by Gasteiger charge is 2.18. The molecule has 0 unspecified atom stereocenters. The van der Waals surface area contributed by atoms with Gasteiger partial charge in [0.1, 0.15) is 5.69 Å². The molecule has 2 N–H and O–H groups in total. The van der Waals surface area contributed by atoms with Crippen LogP contribution in [0.3, 0.4) is 0 Å². The van der Waals surface area contributed by atoms with E-state index < -0.39 is 0 Å². The molecule has 0 spiro atoms. The van der Waals surface area contributed by atoms with Gasteiger partial charge in [-0.1, -0.05) is 24.7 Å². The Morgan fingerprint density at radius 2 is 2.21 bits per heavy atom. The molecular weight excluding hydrogens is 240 g/mol. The second-order valence-corrected chi connectivity index (χ2v) is 4.66. The van der Waals surface area contributed by atoms with Crippen LogP contribution in [0.2, 0.25) is 0 Å². The minimum atomic E-state index is -0.109. The highest BCUT2D eigenvalue weighted by molar-refractivity contribution is 5.92. The Morgan fingerprint density at radius 3 is 2.84 bits per heavy atom. The number of carbonyl (C=O) groups excluding carboxylic acids is 1. The maximum Gasteiger partial charge on any atom is 0.270 e. The molecule has 1 saturated carbocycles. The summed E-state index contributed by atoms with van der Waals surface area (Å²) in [7, 11) is 0. The van der Waals surface area contributed by atoms with Crippen LogP contribution in [0.5, 0.6) is 0 Å². The summed E-state index contributed by atoms with van der Waals surface area (Å²) in [4.78, 5) is 16.1. The van der Waals surface area contributed by atoms with Gasteiger partial charge in [-0.25, -0.2) is 4.98 Å². The van der Waals surface area contributed by atoms with Crippen molar-refractivity contribution in [2.75, 3.05) is 6.61 Å². The number of aliphatic hydroxyl groups is 1. The van der Waals surface area contributed by atoms with E-state index in [0.29, 0.717) is 18.2 Å². The van der Waals surface area contributed by atoms with Crippen LogP contribution in [0, 0.1) is 11.8 Å². The summed E-state index contributed by atoms with van der Waals surface area (Å²) in [6, 6.07) is 3.77. The molecule has 100 valence electrons. The fourth-order valence-corrected chi connectivity index (χ4v) is 2.15. The van der Waals surface area contributed by atoms with Crippen molar-refractivity contribution in [2.24, 2.45) is 0 Å². The molecule has 1 fully saturated rings. The Balaban J connectivity index is 1.94. The molecule has 0 radical (unpaired) electrons. The van der Waals surface area contributed by atoms with Gasteiger partial charge in [0.15, 0.2) is 0 Å². The zero-order valence-electron chi connectivity index (χ0n) is 10.9. The van der Waals surface area contributed by atoms with Gasteiger partial charge in [-0.05, 0) is 25.0 Å². The van der Waals surface area contributed by atoms with Crippen LogP contribution in [0.1, 0.15) is 48.2 Å². The fourth-order valence-electron chi connectivity index (χ4n) is 2.15. The lowest BCUT2D eigenvalue weighted by molar-refractivity contribution is 0.0933. The van der Waals surface area contributed by atoms with Gasteiger partial charge >= 0.3 is 0 Å². The molecular formula is C15H18N2O2. The van der Waals surface area contributed by atoms with E-state index in [1.807, 2.05) is 0 Å². The van der Waals surface area contributed by atoms with Crippen LogP contribution in [0.15, 0.2) is 18.3 Å². The third-order valence-corrected chi connectivity index (χ3v) is 3.16. The molecule has 0 atom stereocenters. The average Bonchev–Trinajstić information content (AvgIpc) is 2.93. The molecule has 2 rings (SSSR count). The Morgan fingerprint density at radius 1 is 1.42 bits per heavy atom. The number of carbonyl (C=O) groups is 1. The highest BCUT2D eigenvalue weighted by atomic mass is 16.2. The van der Waals surface area contributed by atoms with Crippen molar-refractivity contribution in [3.05, 3.63) is 29.6 Å². The Labute approximate surface area is 113 Å². The molecule has 1 heterocycles. The molecule has 1 amide bonds. The molecule has 0 bridgehead atoms. The van der Waals surface area contributed by atoms with Crippen LogP contribution >= 0.6 is 0 Å². The van der Waals surface area contributed by atoms with Crippen molar-refractivity contribution in [3.8, 4) is 11.8 Å². The van der Waals surface area contributed by atoms with Gasteiger partial charge in [0, 0.05) is 24.2 Å². The summed E-state index contributed by atoms with van der Waals surface area (Å²) in [5.41, 5.74) is 1.19. The molecule has 1 aromatic rings. The molecule has 4 heteroatoms. The standard InChI is InChI=1S/C15H18N2O2/c18-10-4-3-5-12-8-9-14(16-11-12)15(19)17-13-6-1-2-7-13/h8-9,11,13,18H,1-2,4,6-7,10H2,(H,17,19). The smallest absolute Gasteiger partial charge is 0.270 e. The number of aromatic nitrogens is 1. The third kappa shape index (κ3) is 4.08. The second kappa shape index (κ2) is 6.91. The molecule has 0 aliphatic heterocycles. The summed E-state index contributed by atoms with van der Waals surface area (Å²) < 4.78 is 0. The zero-order valence-corrected chi connectivity index (χ0v) is 10.9. The van der Waals surface area contributed by atoms with E-state index in [2.05, 4.69) is 22.1 Å². The van der Waals surface area contributed by atoms with Gasteiger partial charge in [0.2, 0.25) is 0 Å². The zero-order chi connectivity index (χ0) is 13.5. The molecule has 19 heavy (non-hydrogen) atoms. The van der Waals surface area contributed by atoms with Crippen LogP contribution in [0.25, 0.3) is 0 Å². The molecule has 1 aliphatic rings. The van der Waals surface area contributed by atoms with Crippen molar-refractivity contribution in [1.29, 1.82) is 0 Å². The Hall–Kier alpha value is -1.86. The van der Waals surface area contributed by atoms with Gasteiger partial charge in [0.05, 0.1) is 6.61 Å². The molecule has 1 aromatic heterocycles. The average molecular weight is 258 g/mol. The Bertz CT molecular complexity index is 479. The van der Waals surface area contributed by atoms with E-state index in [4.69, 9.17) is 5.11 Å². The van der Waals surface area contributed by atoms with Crippen molar-refractivity contribution >= 4 is 5.91 Å². The monoisotopic (exact) mass is 258 g/mol. The quantitative estimate of drug-likeness (QED) is 0.807. The van der Waals surface area contributed by atoms with Gasteiger partial charge in [-0.15, -0.1) is 0 Å². The summed E-state index contributed by atoms with van der Waals surface area (Å²) in [6.07, 6.45) is 6.56. The lowest BCUT2D eigenvalue weighted by atomic mass is 10.2. The summed E-state index contributed by atoms with van der Waals surface area (Å²) >= 11 is 0. The fraction of sp³-hybridized carbons (Fsp3) is 0.467. The minimum Gasteiger partial charge on any atom is -0.395 e. The first-order valence-electron chi connectivity index (χ1n) is 6.66. The van der Waals surface area contributed by atoms with Gasteiger partial charge in [0.25, 0.3) is 5.91 Å². The molecule has 0 aromatic carbocycles. The van der Waals surface area contributed by atoms with E-state index in [1.54, 1.807) is 18.3 Å². The molecule has 4 nitrogen and oxygen atoms in total. The number of pyridine rings is 1. The number of hydrogen-bond donors (Lipinski definition) is 2. The maximum absolute atomic E-state index is 11.9. The lowest BCUT2D eigenvalue weighted by Gasteiger charge is -2.10. The van der Waals surface area contributed by atoms with E-state index in [9.17, 15) is 4.79 Å². The van der Waals surface area contributed by atoms with Crippen LogP contribution < -0.4 is 5.32 Å². The van der Waals surface area contributed by atoms with E-state index >= 15 is 0 Å². The Kier molecular flexibility index (Phi) is 4.93.